The average molecular weight is 467 g/mol. The van der Waals surface area contributed by atoms with Crippen LogP contribution in [0.15, 0.2) is 71.6 Å². The molecule has 0 radical (unpaired) electrons. The molecular weight excluding hydrogens is 440 g/mol. The fraction of sp³-hybridized carbons (Fsp3) is 0.200. The second kappa shape index (κ2) is 11.8. The molecule has 0 aromatic heterocycles. The van der Waals surface area contributed by atoms with Gasteiger partial charge in [0.15, 0.2) is 11.5 Å². The van der Waals surface area contributed by atoms with Gasteiger partial charge >= 0.3 is 0 Å². The van der Waals surface area contributed by atoms with Crippen molar-refractivity contribution in [1.29, 1.82) is 0 Å². The SMILES string of the molecule is CCOc1ccc(NC(=O)CSc2ccc(NC(=O)c3ccc(OC)c(OC)c3)cc2)cc1. The highest BCUT2D eigenvalue weighted by molar-refractivity contribution is 8.00. The summed E-state index contributed by atoms with van der Waals surface area (Å²) in [6.07, 6.45) is 0. The minimum Gasteiger partial charge on any atom is -0.494 e. The van der Waals surface area contributed by atoms with E-state index >= 15 is 0 Å². The van der Waals surface area contributed by atoms with Crippen molar-refractivity contribution in [3.8, 4) is 17.2 Å². The van der Waals surface area contributed by atoms with E-state index in [0.29, 0.717) is 29.4 Å². The standard InChI is InChI=1S/C25H26N2O5S/c1-4-32-20-10-6-18(7-11-20)26-24(28)16-33-21-12-8-19(9-13-21)27-25(29)17-5-14-22(30-2)23(15-17)31-3/h5-15H,4,16H2,1-3H3,(H,26,28)(H,27,29). The number of nitrogens with one attached hydrogen (secondary N) is 2. The molecule has 3 rings (SSSR count). The first kappa shape index (κ1) is 24.0. The quantitative estimate of drug-likeness (QED) is 0.405. The van der Waals surface area contributed by atoms with Crippen LogP contribution in [0.3, 0.4) is 0 Å². The van der Waals surface area contributed by atoms with Crippen LogP contribution in [0.5, 0.6) is 17.2 Å². The van der Waals surface area contributed by atoms with Gasteiger partial charge in [0.2, 0.25) is 5.91 Å². The Hall–Kier alpha value is -3.65. The second-order valence-corrected chi connectivity index (χ2v) is 7.89. The lowest BCUT2D eigenvalue weighted by Gasteiger charge is -2.10. The summed E-state index contributed by atoms with van der Waals surface area (Å²) in [5.41, 5.74) is 1.83. The van der Waals surface area contributed by atoms with Gasteiger partial charge in [0, 0.05) is 21.8 Å². The lowest BCUT2D eigenvalue weighted by molar-refractivity contribution is -0.113. The Bertz CT molecular complexity index is 1080. The summed E-state index contributed by atoms with van der Waals surface area (Å²) in [6, 6.07) is 19.6. The first-order valence-electron chi connectivity index (χ1n) is 10.3. The molecule has 0 saturated carbocycles. The smallest absolute Gasteiger partial charge is 0.255 e. The van der Waals surface area contributed by atoms with Gasteiger partial charge in [-0.15, -0.1) is 11.8 Å². The fourth-order valence-electron chi connectivity index (χ4n) is 2.96. The van der Waals surface area contributed by atoms with Crippen LogP contribution >= 0.6 is 11.8 Å². The Morgan fingerprint density at radius 2 is 1.45 bits per heavy atom. The Labute approximate surface area is 197 Å². The highest BCUT2D eigenvalue weighted by atomic mass is 32.2. The molecule has 3 aromatic carbocycles. The molecule has 0 fully saturated rings. The number of carbonyl (C=O) groups is 2. The number of amides is 2. The zero-order valence-corrected chi connectivity index (χ0v) is 19.5. The van der Waals surface area contributed by atoms with E-state index in [1.807, 2.05) is 43.3 Å². The van der Waals surface area contributed by atoms with Crippen LogP contribution < -0.4 is 24.8 Å². The average Bonchev–Trinajstić information content (AvgIpc) is 2.84. The molecule has 33 heavy (non-hydrogen) atoms. The van der Waals surface area contributed by atoms with E-state index in [1.54, 1.807) is 37.4 Å². The van der Waals surface area contributed by atoms with E-state index in [0.717, 1.165) is 16.3 Å². The van der Waals surface area contributed by atoms with Crippen molar-refractivity contribution in [2.75, 3.05) is 37.2 Å². The molecule has 0 spiro atoms. The molecule has 3 aromatic rings. The molecule has 0 heterocycles. The third-order valence-corrected chi connectivity index (χ3v) is 5.59. The molecule has 2 N–H and O–H groups in total. The monoisotopic (exact) mass is 466 g/mol. The number of thioether (sulfide) groups is 1. The van der Waals surface area contributed by atoms with Gasteiger partial charge in [-0.2, -0.15) is 0 Å². The summed E-state index contributed by atoms with van der Waals surface area (Å²) in [7, 11) is 3.06. The molecule has 0 atom stereocenters. The number of anilines is 2. The van der Waals surface area contributed by atoms with Crippen LogP contribution in [0.25, 0.3) is 0 Å². The minimum absolute atomic E-state index is 0.102. The summed E-state index contributed by atoms with van der Waals surface area (Å²) < 4.78 is 15.8. The van der Waals surface area contributed by atoms with Crippen LogP contribution in [0.2, 0.25) is 0 Å². The van der Waals surface area contributed by atoms with Gasteiger partial charge in [-0.05, 0) is 73.7 Å². The molecule has 0 aliphatic rings. The van der Waals surface area contributed by atoms with Crippen molar-refractivity contribution in [3.63, 3.8) is 0 Å². The number of ether oxygens (including phenoxy) is 3. The molecule has 0 aliphatic heterocycles. The highest BCUT2D eigenvalue weighted by Gasteiger charge is 2.11. The molecule has 0 bridgehead atoms. The molecular formula is C25H26N2O5S. The van der Waals surface area contributed by atoms with Crippen molar-refractivity contribution in [2.45, 2.75) is 11.8 Å². The summed E-state index contributed by atoms with van der Waals surface area (Å²) in [5, 5.41) is 5.71. The summed E-state index contributed by atoms with van der Waals surface area (Å²) in [6.45, 7) is 2.52. The Morgan fingerprint density at radius 3 is 2.09 bits per heavy atom. The summed E-state index contributed by atoms with van der Waals surface area (Å²) in [4.78, 5) is 25.7. The van der Waals surface area contributed by atoms with Crippen LogP contribution in [0.1, 0.15) is 17.3 Å². The van der Waals surface area contributed by atoms with Crippen LogP contribution in [0.4, 0.5) is 11.4 Å². The van der Waals surface area contributed by atoms with Gasteiger partial charge in [-0.25, -0.2) is 0 Å². The van der Waals surface area contributed by atoms with E-state index in [1.165, 1.54) is 18.9 Å². The number of methoxy groups -OCH3 is 2. The number of benzene rings is 3. The first-order chi connectivity index (χ1) is 16.0. The molecule has 0 saturated heterocycles. The Balaban J connectivity index is 1.50. The maximum atomic E-state index is 12.5. The topological polar surface area (TPSA) is 85.9 Å². The van der Waals surface area contributed by atoms with Crippen LogP contribution in [-0.4, -0.2) is 38.4 Å². The normalized spacial score (nSPS) is 10.3. The number of carbonyl (C=O) groups excluding carboxylic acids is 2. The van der Waals surface area contributed by atoms with Gasteiger partial charge in [0.05, 0.1) is 26.6 Å². The summed E-state index contributed by atoms with van der Waals surface area (Å²) >= 11 is 1.41. The number of rotatable bonds is 10. The van der Waals surface area contributed by atoms with Gasteiger partial charge in [-0.1, -0.05) is 0 Å². The molecule has 7 nitrogen and oxygen atoms in total. The van der Waals surface area contributed by atoms with Crippen molar-refractivity contribution in [1.82, 2.24) is 0 Å². The molecule has 0 unspecified atom stereocenters. The van der Waals surface area contributed by atoms with E-state index in [2.05, 4.69) is 10.6 Å². The van der Waals surface area contributed by atoms with Crippen LogP contribution in [0, 0.1) is 0 Å². The van der Waals surface area contributed by atoms with Gasteiger partial charge in [0.1, 0.15) is 5.75 Å². The maximum absolute atomic E-state index is 12.5. The highest BCUT2D eigenvalue weighted by Crippen LogP contribution is 2.28. The predicted octanol–water partition coefficient (Wildman–Crippen LogP) is 5.09. The zero-order valence-electron chi connectivity index (χ0n) is 18.7. The zero-order chi connectivity index (χ0) is 23.6. The lowest BCUT2D eigenvalue weighted by atomic mass is 10.2. The van der Waals surface area contributed by atoms with Crippen molar-refractivity contribution in [3.05, 3.63) is 72.3 Å². The van der Waals surface area contributed by atoms with Crippen molar-refractivity contribution < 1.29 is 23.8 Å². The van der Waals surface area contributed by atoms with Crippen molar-refractivity contribution >= 4 is 35.0 Å². The van der Waals surface area contributed by atoms with Crippen molar-refractivity contribution in [2.24, 2.45) is 0 Å². The van der Waals surface area contributed by atoms with Gasteiger partial charge in [-0.3, -0.25) is 9.59 Å². The molecule has 172 valence electrons. The largest absolute Gasteiger partial charge is 0.494 e. The molecule has 0 aliphatic carbocycles. The Kier molecular flexibility index (Phi) is 8.60. The van der Waals surface area contributed by atoms with E-state index in [-0.39, 0.29) is 17.6 Å². The first-order valence-corrected chi connectivity index (χ1v) is 11.3. The van der Waals surface area contributed by atoms with Gasteiger partial charge < -0.3 is 24.8 Å². The maximum Gasteiger partial charge on any atom is 0.255 e. The molecule has 8 heteroatoms. The van der Waals surface area contributed by atoms with Crippen LogP contribution in [-0.2, 0) is 4.79 Å². The third-order valence-electron chi connectivity index (χ3n) is 4.58. The van der Waals surface area contributed by atoms with E-state index < -0.39 is 0 Å². The third kappa shape index (κ3) is 6.92. The lowest BCUT2D eigenvalue weighted by Crippen LogP contribution is -2.14. The minimum atomic E-state index is -0.258. The number of hydrogen-bond acceptors (Lipinski definition) is 6. The summed E-state index contributed by atoms with van der Waals surface area (Å²) in [5.74, 6) is 1.72. The molecule has 2 amide bonds. The van der Waals surface area contributed by atoms with E-state index in [9.17, 15) is 9.59 Å². The predicted molar refractivity (Wildman–Crippen MR) is 131 cm³/mol. The fourth-order valence-corrected chi connectivity index (χ4v) is 3.66. The van der Waals surface area contributed by atoms with E-state index in [4.69, 9.17) is 14.2 Å². The number of hydrogen-bond donors (Lipinski definition) is 2. The van der Waals surface area contributed by atoms with Gasteiger partial charge in [0.25, 0.3) is 5.91 Å². The second-order valence-electron chi connectivity index (χ2n) is 6.84. The Morgan fingerprint density at radius 1 is 0.818 bits per heavy atom.